The number of H-pyrrole nitrogens is 3. The highest BCUT2D eigenvalue weighted by Crippen LogP contribution is 2.47. The summed E-state index contributed by atoms with van der Waals surface area (Å²) in [5.74, 6) is -0.577. The van der Waals surface area contributed by atoms with E-state index < -0.39 is 11.6 Å². The Bertz CT molecular complexity index is 4660. The van der Waals surface area contributed by atoms with Crippen molar-refractivity contribution in [3.63, 3.8) is 0 Å². The number of carbonyl (C=O) groups excluding carboxylic acids is 5. The van der Waals surface area contributed by atoms with Crippen LogP contribution in [0.4, 0.5) is 8.78 Å². The second kappa shape index (κ2) is 25.6. The molecular formula is C70H67F2N15O7. The lowest BCUT2D eigenvalue weighted by Crippen LogP contribution is -2.50. The van der Waals surface area contributed by atoms with Crippen LogP contribution in [0, 0.1) is 18.6 Å². The van der Waals surface area contributed by atoms with Gasteiger partial charge < -0.3 is 48.9 Å². The lowest BCUT2D eigenvalue weighted by atomic mass is 9.90. The molecule has 1 fully saturated rings. The SMILES string of the molecule is COc1cc(-c2cccc(-c3cc(C4=CCCN(C(=O)CCn5ccnn5)C4)c(F)c4[nH]c(C(=O)N5CCc6nc(C)[nH]c6C5)cc34)c2OC)ccc1-c1cc(C2=CCCN(C(=O)CCn3ccnn3)C2)c(F)c2[nH]c(C(=O)N3CCN(C(=O)c4ccccc4)CC3)cc12. The normalized spacial score (nSPS) is 15.1. The zero-order chi connectivity index (χ0) is 64.7. The van der Waals surface area contributed by atoms with Crippen molar-refractivity contribution in [2.75, 3.05) is 73.1 Å². The fourth-order valence-corrected chi connectivity index (χ4v) is 13.5. The van der Waals surface area contributed by atoms with Crippen molar-refractivity contribution in [2.45, 2.75) is 58.7 Å². The Morgan fingerprint density at radius 1 is 0.532 bits per heavy atom. The number of carbonyl (C=O) groups is 5. The number of amides is 5. The minimum atomic E-state index is -0.590. The highest BCUT2D eigenvalue weighted by molar-refractivity contribution is 6.08. The second-order valence-electron chi connectivity index (χ2n) is 24.0. The molecule has 5 amide bonds. The molecule has 0 bridgehead atoms. The third-order valence-corrected chi connectivity index (χ3v) is 18.3. The first kappa shape index (κ1) is 60.5. The highest BCUT2D eigenvalue weighted by atomic mass is 19.1. The van der Waals surface area contributed by atoms with Gasteiger partial charge in [-0.3, -0.25) is 33.3 Å². The second-order valence-corrected chi connectivity index (χ2v) is 24.0. The lowest BCUT2D eigenvalue weighted by molar-refractivity contribution is -0.131. The van der Waals surface area contributed by atoms with Gasteiger partial charge in [-0.25, -0.2) is 13.8 Å². The summed E-state index contributed by atoms with van der Waals surface area (Å²) in [6, 6.07) is 27.2. The van der Waals surface area contributed by atoms with Crippen molar-refractivity contribution in [1.82, 2.24) is 74.4 Å². The summed E-state index contributed by atoms with van der Waals surface area (Å²) in [4.78, 5) is 92.8. The largest absolute Gasteiger partial charge is 0.496 e. The average Bonchev–Trinajstić information content (AvgIpc) is 1.52. The van der Waals surface area contributed by atoms with E-state index in [0.29, 0.717) is 144 Å². The fraction of sp³-hybridized carbons (Fsp3) is 0.286. The van der Waals surface area contributed by atoms with E-state index >= 15 is 8.78 Å². The number of piperazine rings is 1. The van der Waals surface area contributed by atoms with Gasteiger partial charge in [0.15, 0.2) is 11.6 Å². The maximum Gasteiger partial charge on any atom is 0.270 e. The molecule has 10 aromatic rings. The standard InChI is InChI=1S/C70H67F2N15O7/c1-42-75-56-18-25-85(41-59(56)76-42)70(92)58-38-55-53(36-51(64(72)66(55)78-58)46-13-9-24-84(40-46)62(89)20-27-87-29-22-74-80-87)49-15-7-14-47(67(49)94-3)44-16-17-48(60(34-44)93-2)52-35-50(45-12-8-23-83(39-45)61(88)19-26-86-28-21-73-79-86)63(71)65-54(52)37-57(77-65)69(91)82-32-30-81(31-33-82)68(90)43-10-5-4-6-11-43/h4-7,10-17,21-22,28-29,34-38,77-78H,8-9,18-20,23-27,30-33,39-41H2,1-3H3,(H,75,76). The summed E-state index contributed by atoms with van der Waals surface area (Å²) in [5.41, 5.74) is 8.19. The van der Waals surface area contributed by atoms with E-state index in [4.69, 9.17) is 9.47 Å². The van der Waals surface area contributed by atoms with Crippen LogP contribution in [-0.4, -0.2) is 177 Å². The van der Waals surface area contributed by atoms with Crippen molar-refractivity contribution in [3.8, 4) is 44.9 Å². The molecular weight excluding hydrogens is 1200 g/mol. The molecule has 0 spiro atoms. The van der Waals surface area contributed by atoms with Gasteiger partial charge >= 0.3 is 0 Å². The molecule has 4 aliphatic heterocycles. The van der Waals surface area contributed by atoms with Gasteiger partial charge in [0.25, 0.3) is 17.7 Å². The molecule has 3 N–H and O–H groups in total. The lowest BCUT2D eigenvalue weighted by Gasteiger charge is -2.34. The van der Waals surface area contributed by atoms with Crippen LogP contribution in [0.25, 0.3) is 66.3 Å². The molecule has 4 aliphatic rings. The van der Waals surface area contributed by atoms with Crippen LogP contribution < -0.4 is 9.47 Å². The van der Waals surface area contributed by atoms with Crippen molar-refractivity contribution in [3.05, 3.63) is 185 Å². The number of nitrogens with one attached hydrogen (secondary N) is 3. The first-order valence-corrected chi connectivity index (χ1v) is 31.5. The van der Waals surface area contributed by atoms with Gasteiger partial charge in [0.2, 0.25) is 11.8 Å². The van der Waals surface area contributed by atoms with Gasteiger partial charge in [0, 0.05) is 135 Å². The maximum absolute atomic E-state index is 17.6. The molecule has 1 saturated heterocycles. The summed E-state index contributed by atoms with van der Waals surface area (Å²) in [5, 5.41) is 16.6. The van der Waals surface area contributed by atoms with E-state index in [2.05, 4.69) is 40.6 Å². The molecule has 24 heteroatoms. The van der Waals surface area contributed by atoms with Gasteiger partial charge in [-0.15, -0.1) is 10.2 Å². The van der Waals surface area contributed by atoms with Crippen molar-refractivity contribution >= 4 is 62.5 Å². The van der Waals surface area contributed by atoms with Crippen molar-refractivity contribution in [2.24, 2.45) is 0 Å². The van der Waals surface area contributed by atoms with Crippen LogP contribution in [0.5, 0.6) is 11.5 Å². The smallest absolute Gasteiger partial charge is 0.270 e. The number of rotatable bonds is 16. The zero-order valence-corrected chi connectivity index (χ0v) is 52.1. The molecule has 0 atom stereocenters. The first-order chi connectivity index (χ1) is 45.8. The molecule has 9 heterocycles. The molecule has 0 aliphatic carbocycles. The summed E-state index contributed by atoms with van der Waals surface area (Å²) >= 11 is 0. The van der Waals surface area contributed by atoms with Crippen LogP contribution in [0.2, 0.25) is 0 Å². The van der Waals surface area contributed by atoms with Gasteiger partial charge in [-0.05, 0) is 90.1 Å². The van der Waals surface area contributed by atoms with Gasteiger partial charge in [-0.1, -0.05) is 71.1 Å². The summed E-state index contributed by atoms with van der Waals surface area (Å²) in [7, 11) is 3.11. The Morgan fingerprint density at radius 3 is 1.66 bits per heavy atom. The number of hydrogen-bond donors (Lipinski definition) is 3. The van der Waals surface area contributed by atoms with Gasteiger partial charge in [0.1, 0.15) is 28.7 Å². The number of hydrogen-bond acceptors (Lipinski definition) is 12. The Hall–Kier alpha value is -11.0. The molecule has 5 aromatic heterocycles. The number of imidazole rings is 1. The van der Waals surface area contributed by atoms with Crippen molar-refractivity contribution < 1.29 is 42.2 Å². The number of methoxy groups -OCH3 is 2. The van der Waals surface area contributed by atoms with Crippen LogP contribution in [-0.2, 0) is 35.6 Å². The number of benzene rings is 5. The summed E-state index contributed by atoms with van der Waals surface area (Å²) in [6.45, 7) is 5.60. The number of nitrogens with zero attached hydrogens (tertiary/aromatic N) is 12. The Morgan fingerprint density at radius 2 is 1.10 bits per heavy atom. The number of halogens is 2. The number of aromatic nitrogens is 10. The van der Waals surface area contributed by atoms with E-state index in [1.807, 2.05) is 73.7 Å². The Labute approximate surface area is 538 Å². The minimum absolute atomic E-state index is 0.0915. The van der Waals surface area contributed by atoms with E-state index in [1.165, 1.54) is 0 Å². The third kappa shape index (κ3) is 11.6. The minimum Gasteiger partial charge on any atom is -0.496 e. The number of para-hydroxylation sites is 1. The Balaban J connectivity index is 0.830. The number of fused-ring (bicyclic) bond motifs is 3. The predicted octanol–water partition coefficient (Wildman–Crippen LogP) is 9.37. The van der Waals surface area contributed by atoms with Crippen molar-refractivity contribution in [1.29, 1.82) is 0 Å². The molecule has 94 heavy (non-hydrogen) atoms. The maximum atomic E-state index is 17.6. The van der Waals surface area contributed by atoms with Crippen LogP contribution in [0.3, 0.4) is 0 Å². The molecule has 478 valence electrons. The summed E-state index contributed by atoms with van der Waals surface area (Å²) < 4.78 is 51.2. The monoisotopic (exact) mass is 1270 g/mol. The molecule has 0 unspecified atom stereocenters. The van der Waals surface area contributed by atoms with Crippen LogP contribution in [0.15, 0.2) is 128 Å². The van der Waals surface area contributed by atoms with Crippen LogP contribution >= 0.6 is 0 Å². The number of ether oxygens (including phenoxy) is 2. The van der Waals surface area contributed by atoms with E-state index in [9.17, 15) is 24.0 Å². The first-order valence-electron chi connectivity index (χ1n) is 31.5. The van der Waals surface area contributed by atoms with E-state index in [-0.39, 0.29) is 102 Å². The fourth-order valence-electron chi connectivity index (χ4n) is 13.5. The average molecular weight is 1270 g/mol. The number of aryl methyl sites for hydroxylation is 3. The van der Waals surface area contributed by atoms with E-state index in [0.717, 1.165) is 17.2 Å². The molecule has 14 rings (SSSR count). The molecule has 0 saturated carbocycles. The highest BCUT2D eigenvalue weighted by Gasteiger charge is 2.33. The van der Waals surface area contributed by atoms with E-state index in [1.54, 1.807) is 109 Å². The third-order valence-electron chi connectivity index (χ3n) is 18.3. The zero-order valence-electron chi connectivity index (χ0n) is 52.1. The predicted molar refractivity (Wildman–Crippen MR) is 347 cm³/mol. The number of aromatic amines is 3. The quantitative estimate of drug-likeness (QED) is 0.0820. The van der Waals surface area contributed by atoms with Gasteiger partial charge in [-0.2, -0.15) is 0 Å². The van der Waals surface area contributed by atoms with Gasteiger partial charge in [0.05, 0.1) is 68.7 Å². The summed E-state index contributed by atoms with van der Waals surface area (Å²) in [6.07, 6.45) is 12.3. The molecule has 22 nitrogen and oxygen atoms in total. The topological polar surface area (TPSA) is 242 Å². The molecule has 5 aromatic carbocycles. The Kier molecular flexibility index (Phi) is 16.5. The molecule has 0 radical (unpaired) electrons. The van der Waals surface area contributed by atoms with Crippen LogP contribution in [0.1, 0.15) is 85.4 Å².